The van der Waals surface area contributed by atoms with E-state index in [1.165, 1.54) is 5.56 Å². The first kappa shape index (κ1) is 19.5. The van der Waals surface area contributed by atoms with Gasteiger partial charge in [-0.3, -0.25) is 4.79 Å². The highest BCUT2D eigenvalue weighted by Gasteiger charge is 2.16. The molecule has 0 aromatic heterocycles. The number of rotatable bonds is 6. The predicted octanol–water partition coefficient (Wildman–Crippen LogP) is 4.77. The second-order valence-corrected chi connectivity index (χ2v) is 8.19. The van der Waals surface area contributed by atoms with Crippen molar-refractivity contribution in [2.75, 3.05) is 0 Å². The Morgan fingerprint density at radius 2 is 1.83 bits per heavy atom. The van der Waals surface area contributed by atoms with E-state index in [1.54, 1.807) is 0 Å². The average Bonchev–Trinajstić information content (AvgIpc) is 2.51. The van der Waals surface area contributed by atoms with Crippen LogP contribution in [0.4, 0.5) is 0 Å². The van der Waals surface area contributed by atoms with Crippen molar-refractivity contribution in [2.24, 2.45) is 5.73 Å². The monoisotopic (exact) mass is 551 g/mol. The van der Waals surface area contributed by atoms with Gasteiger partial charge in [-0.2, -0.15) is 0 Å². The summed E-state index contributed by atoms with van der Waals surface area (Å²) in [5.74, 6) is 1.02. The summed E-state index contributed by atoms with van der Waals surface area (Å²) in [6.07, 6.45) is 0.296. The lowest BCUT2D eigenvalue weighted by Gasteiger charge is -2.14. The van der Waals surface area contributed by atoms with Crippen LogP contribution in [-0.2, 0) is 11.2 Å². The summed E-state index contributed by atoms with van der Waals surface area (Å²) in [6.45, 7) is 4.29. The first-order valence-corrected chi connectivity index (χ1v) is 9.67. The molecule has 1 unspecified atom stereocenters. The molecule has 0 spiro atoms. The number of nitrogens with two attached hydrogens (primary N) is 1. The Morgan fingerprint density at radius 3 is 2.38 bits per heavy atom. The van der Waals surface area contributed by atoms with Crippen molar-refractivity contribution in [3.05, 3.63) is 54.7 Å². The molecule has 0 heterocycles. The van der Waals surface area contributed by atoms with Gasteiger partial charge in [-0.05, 0) is 92.9 Å². The van der Waals surface area contributed by atoms with E-state index < -0.39 is 12.0 Å². The van der Waals surface area contributed by atoms with Crippen LogP contribution in [0.3, 0.4) is 0 Å². The smallest absolute Gasteiger partial charge is 0.320 e. The maximum Gasteiger partial charge on any atom is 0.320 e. The van der Waals surface area contributed by atoms with Crippen LogP contribution < -0.4 is 10.5 Å². The number of hydrogen-bond donors (Lipinski definition) is 2. The first-order chi connectivity index (χ1) is 11.3. The zero-order chi connectivity index (χ0) is 17.9. The van der Waals surface area contributed by atoms with E-state index >= 15 is 0 Å². The lowest BCUT2D eigenvalue weighted by molar-refractivity contribution is -0.138. The van der Waals surface area contributed by atoms with Crippen LogP contribution in [0.1, 0.15) is 30.9 Å². The Kier molecular flexibility index (Phi) is 6.88. The fourth-order valence-electron chi connectivity index (χ4n) is 2.22. The van der Waals surface area contributed by atoms with Gasteiger partial charge in [-0.15, -0.1) is 0 Å². The molecule has 0 saturated carbocycles. The van der Waals surface area contributed by atoms with Gasteiger partial charge >= 0.3 is 5.97 Å². The average molecular weight is 551 g/mol. The number of hydrogen-bond acceptors (Lipinski definition) is 3. The fourth-order valence-corrected chi connectivity index (χ4v) is 4.34. The molecular weight excluding hydrogens is 532 g/mol. The van der Waals surface area contributed by atoms with Gasteiger partial charge < -0.3 is 15.6 Å². The maximum absolute atomic E-state index is 10.9. The van der Waals surface area contributed by atoms with Gasteiger partial charge in [-0.25, -0.2) is 0 Å². The van der Waals surface area contributed by atoms with Crippen LogP contribution in [0.5, 0.6) is 11.5 Å². The van der Waals surface area contributed by atoms with E-state index in [-0.39, 0.29) is 0 Å². The van der Waals surface area contributed by atoms with Gasteiger partial charge in [0.05, 0.1) is 7.14 Å². The summed E-state index contributed by atoms with van der Waals surface area (Å²) in [5.41, 5.74) is 7.73. The Balaban J connectivity index is 2.25. The van der Waals surface area contributed by atoms with Crippen molar-refractivity contribution in [3.8, 4) is 11.5 Å². The van der Waals surface area contributed by atoms with Crippen LogP contribution in [0, 0.1) is 7.14 Å². The number of benzene rings is 2. The van der Waals surface area contributed by atoms with Gasteiger partial charge in [0.2, 0.25) is 0 Å². The standard InChI is InChI=1S/C18H19I2NO3/c1-10(2)12-4-3-5-13(9-12)24-17-14(19)6-11(7-15(17)20)8-16(21)18(22)23/h3-7,9-10,16H,8,21H2,1-2H3,(H,22,23). The molecule has 2 aromatic carbocycles. The summed E-state index contributed by atoms with van der Waals surface area (Å²) < 4.78 is 7.94. The highest BCUT2D eigenvalue weighted by Crippen LogP contribution is 2.34. The number of halogens is 2. The second kappa shape index (κ2) is 8.48. The Hall–Kier alpha value is -0.870. The topological polar surface area (TPSA) is 72.5 Å². The summed E-state index contributed by atoms with van der Waals surface area (Å²) >= 11 is 4.41. The number of carboxylic acids is 1. The molecule has 2 aromatic rings. The molecule has 24 heavy (non-hydrogen) atoms. The van der Waals surface area contributed by atoms with Crippen LogP contribution in [0.25, 0.3) is 0 Å². The van der Waals surface area contributed by atoms with Crippen LogP contribution in [-0.4, -0.2) is 17.1 Å². The molecule has 0 aliphatic carbocycles. The molecule has 0 bridgehead atoms. The minimum Gasteiger partial charge on any atom is -0.480 e. The second-order valence-electron chi connectivity index (χ2n) is 5.87. The van der Waals surface area contributed by atoms with Crippen molar-refractivity contribution in [3.63, 3.8) is 0 Å². The number of ether oxygens (including phenoxy) is 1. The third-order valence-corrected chi connectivity index (χ3v) is 5.18. The van der Waals surface area contributed by atoms with E-state index in [0.717, 1.165) is 24.2 Å². The molecule has 2 rings (SSSR count). The Bertz CT molecular complexity index is 724. The zero-order valence-electron chi connectivity index (χ0n) is 13.4. The Labute approximate surface area is 169 Å². The SMILES string of the molecule is CC(C)c1cccc(Oc2c(I)cc(CC(N)C(=O)O)cc2I)c1. The van der Waals surface area contributed by atoms with Gasteiger partial charge in [0.15, 0.2) is 5.75 Å². The van der Waals surface area contributed by atoms with Gasteiger partial charge in [0.1, 0.15) is 11.8 Å². The van der Waals surface area contributed by atoms with Gasteiger partial charge in [0.25, 0.3) is 0 Å². The largest absolute Gasteiger partial charge is 0.480 e. The molecule has 0 aliphatic heterocycles. The van der Waals surface area contributed by atoms with Crippen molar-refractivity contribution in [2.45, 2.75) is 32.2 Å². The summed E-state index contributed by atoms with van der Waals surface area (Å²) in [4.78, 5) is 10.9. The lowest BCUT2D eigenvalue weighted by Crippen LogP contribution is -2.32. The highest BCUT2D eigenvalue weighted by molar-refractivity contribution is 14.1. The molecule has 6 heteroatoms. The van der Waals surface area contributed by atoms with E-state index in [1.807, 2.05) is 30.3 Å². The molecule has 3 N–H and O–H groups in total. The normalized spacial score (nSPS) is 12.2. The molecule has 0 amide bonds. The molecular formula is C18H19I2NO3. The highest BCUT2D eigenvalue weighted by atomic mass is 127. The van der Waals surface area contributed by atoms with Crippen molar-refractivity contribution in [1.29, 1.82) is 0 Å². The third kappa shape index (κ3) is 5.06. The number of carbonyl (C=O) groups is 1. The molecule has 4 nitrogen and oxygen atoms in total. The van der Waals surface area contributed by atoms with Crippen LogP contribution in [0.15, 0.2) is 36.4 Å². The number of carboxylic acid groups (broad SMARTS) is 1. The minimum absolute atomic E-state index is 0.296. The summed E-state index contributed by atoms with van der Waals surface area (Å²) in [6, 6.07) is 11.0. The van der Waals surface area contributed by atoms with Crippen LogP contribution in [0.2, 0.25) is 0 Å². The van der Waals surface area contributed by atoms with Crippen LogP contribution >= 0.6 is 45.2 Å². The minimum atomic E-state index is -0.995. The fraction of sp³-hybridized carbons (Fsp3) is 0.278. The molecule has 0 saturated heterocycles. The predicted molar refractivity (Wildman–Crippen MR) is 112 cm³/mol. The lowest BCUT2D eigenvalue weighted by atomic mass is 10.0. The van der Waals surface area contributed by atoms with Crippen molar-refractivity contribution >= 4 is 51.2 Å². The van der Waals surface area contributed by atoms with E-state index in [0.29, 0.717) is 12.3 Å². The molecule has 0 radical (unpaired) electrons. The molecule has 128 valence electrons. The van der Waals surface area contributed by atoms with Crippen molar-refractivity contribution < 1.29 is 14.6 Å². The quantitative estimate of drug-likeness (QED) is 0.508. The molecule has 1 atom stereocenters. The van der Waals surface area contributed by atoms with E-state index in [4.69, 9.17) is 15.6 Å². The van der Waals surface area contributed by atoms with E-state index in [9.17, 15) is 4.79 Å². The first-order valence-electron chi connectivity index (χ1n) is 7.52. The molecule has 0 aliphatic rings. The third-order valence-electron chi connectivity index (χ3n) is 3.58. The summed E-state index contributed by atoms with van der Waals surface area (Å²) in [5, 5.41) is 8.95. The molecule has 0 fully saturated rings. The number of aliphatic carboxylic acids is 1. The zero-order valence-corrected chi connectivity index (χ0v) is 17.7. The van der Waals surface area contributed by atoms with Gasteiger partial charge in [0, 0.05) is 0 Å². The van der Waals surface area contributed by atoms with E-state index in [2.05, 4.69) is 65.1 Å². The summed E-state index contributed by atoms with van der Waals surface area (Å²) in [7, 11) is 0. The Morgan fingerprint density at radius 1 is 1.21 bits per heavy atom. The van der Waals surface area contributed by atoms with Gasteiger partial charge in [-0.1, -0.05) is 26.0 Å². The van der Waals surface area contributed by atoms with Crippen molar-refractivity contribution in [1.82, 2.24) is 0 Å². The maximum atomic E-state index is 10.9.